The zero-order valence-corrected chi connectivity index (χ0v) is 16.2. The summed E-state index contributed by atoms with van der Waals surface area (Å²) in [6.45, 7) is 4.34. The summed E-state index contributed by atoms with van der Waals surface area (Å²) in [5, 5.41) is 2.75. The molecule has 0 saturated carbocycles. The van der Waals surface area contributed by atoms with Crippen molar-refractivity contribution in [3.05, 3.63) is 58.3 Å². The molecule has 2 aromatic rings. The minimum absolute atomic E-state index is 0.000198. The van der Waals surface area contributed by atoms with Crippen molar-refractivity contribution >= 4 is 33.4 Å². The Morgan fingerprint density at radius 1 is 1.23 bits per heavy atom. The third kappa shape index (κ3) is 5.84. The Labute approximate surface area is 160 Å². The van der Waals surface area contributed by atoms with Gasteiger partial charge in [-0.3, -0.25) is 9.59 Å². The zero-order valence-electron chi connectivity index (χ0n) is 14.6. The average molecular weight is 423 g/mol. The molecule has 5 nitrogen and oxygen atoms in total. The Kier molecular flexibility index (Phi) is 7.15. The molecule has 0 aliphatic heterocycles. The van der Waals surface area contributed by atoms with E-state index in [1.165, 1.54) is 25.1 Å². The first-order valence-corrected chi connectivity index (χ1v) is 8.90. The zero-order chi connectivity index (χ0) is 19.1. The number of rotatable bonds is 7. The number of carbonyl (C=O) groups excluding carboxylic acids is 2. The molecule has 0 aliphatic carbocycles. The van der Waals surface area contributed by atoms with E-state index in [4.69, 9.17) is 4.74 Å². The summed E-state index contributed by atoms with van der Waals surface area (Å²) in [7, 11) is 0. The summed E-state index contributed by atoms with van der Waals surface area (Å²) >= 11 is 3.19. The molecule has 26 heavy (non-hydrogen) atoms. The van der Waals surface area contributed by atoms with E-state index in [1.807, 2.05) is 25.1 Å². The van der Waals surface area contributed by atoms with Crippen LogP contribution in [0.3, 0.4) is 0 Å². The molecule has 2 amide bonds. The van der Waals surface area contributed by atoms with Crippen LogP contribution < -0.4 is 10.1 Å². The van der Waals surface area contributed by atoms with Gasteiger partial charge in [-0.25, -0.2) is 4.39 Å². The molecular formula is C19H20BrFN2O3. The maximum atomic E-state index is 13.0. The molecule has 0 fully saturated rings. The number of hydrogen-bond donors (Lipinski definition) is 1. The van der Waals surface area contributed by atoms with Crippen molar-refractivity contribution in [2.24, 2.45) is 0 Å². The number of hydrogen-bond acceptors (Lipinski definition) is 3. The third-order valence-corrected chi connectivity index (χ3v) is 4.28. The van der Waals surface area contributed by atoms with Crippen LogP contribution in [0.25, 0.3) is 0 Å². The van der Waals surface area contributed by atoms with Crippen LogP contribution in [-0.2, 0) is 16.1 Å². The monoisotopic (exact) mass is 422 g/mol. The molecule has 7 heteroatoms. The lowest BCUT2D eigenvalue weighted by molar-refractivity contribution is -0.129. The molecule has 0 spiro atoms. The van der Waals surface area contributed by atoms with Crippen LogP contribution in [0.1, 0.15) is 19.4 Å². The Balaban J connectivity index is 1.94. The van der Waals surface area contributed by atoms with E-state index < -0.39 is 5.82 Å². The van der Waals surface area contributed by atoms with Gasteiger partial charge in [0.25, 0.3) is 5.91 Å². The van der Waals surface area contributed by atoms with Gasteiger partial charge in [0, 0.05) is 25.7 Å². The largest absolute Gasteiger partial charge is 0.483 e. The average Bonchev–Trinajstić information content (AvgIpc) is 2.59. The second-order valence-corrected chi connectivity index (χ2v) is 6.50. The van der Waals surface area contributed by atoms with Gasteiger partial charge in [0.15, 0.2) is 6.61 Å². The van der Waals surface area contributed by atoms with E-state index in [-0.39, 0.29) is 18.4 Å². The molecule has 0 unspecified atom stereocenters. The lowest BCUT2D eigenvalue weighted by Gasteiger charge is -2.19. The van der Waals surface area contributed by atoms with Gasteiger partial charge in [0.2, 0.25) is 5.91 Å². The van der Waals surface area contributed by atoms with E-state index >= 15 is 0 Å². The Morgan fingerprint density at radius 2 is 2.00 bits per heavy atom. The molecule has 2 rings (SSSR count). The molecule has 0 bridgehead atoms. The van der Waals surface area contributed by atoms with Crippen LogP contribution >= 0.6 is 15.9 Å². The normalized spacial score (nSPS) is 10.3. The van der Waals surface area contributed by atoms with Gasteiger partial charge in [-0.2, -0.15) is 0 Å². The predicted molar refractivity (Wildman–Crippen MR) is 101 cm³/mol. The molecule has 2 aromatic carbocycles. The van der Waals surface area contributed by atoms with Crippen LogP contribution in [0.15, 0.2) is 46.9 Å². The second kappa shape index (κ2) is 9.33. The number of anilines is 1. The van der Waals surface area contributed by atoms with Crippen LogP contribution in [0.5, 0.6) is 5.75 Å². The maximum Gasteiger partial charge on any atom is 0.262 e. The number of ether oxygens (including phenoxy) is 1. The van der Waals surface area contributed by atoms with Gasteiger partial charge in [0.05, 0.1) is 4.47 Å². The van der Waals surface area contributed by atoms with E-state index in [2.05, 4.69) is 21.2 Å². The first-order valence-electron chi connectivity index (χ1n) is 8.11. The van der Waals surface area contributed by atoms with E-state index in [0.717, 1.165) is 5.56 Å². The van der Waals surface area contributed by atoms with Gasteiger partial charge >= 0.3 is 0 Å². The fourth-order valence-electron chi connectivity index (χ4n) is 2.35. The fraction of sp³-hybridized carbons (Fsp3) is 0.263. The highest BCUT2D eigenvalue weighted by molar-refractivity contribution is 9.10. The van der Waals surface area contributed by atoms with Crippen molar-refractivity contribution < 1.29 is 18.7 Å². The fourth-order valence-corrected chi connectivity index (χ4v) is 2.81. The van der Waals surface area contributed by atoms with Crippen LogP contribution in [0, 0.1) is 5.82 Å². The molecule has 0 radical (unpaired) electrons. The minimum Gasteiger partial charge on any atom is -0.483 e. The summed E-state index contributed by atoms with van der Waals surface area (Å²) in [6, 6.07) is 11.3. The first-order chi connectivity index (χ1) is 12.4. The molecule has 0 saturated heterocycles. The number of nitrogens with one attached hydrogen (secondary N) is 1. The lowest BCUT2D eigenvalue weighted by Crippen LogP contribution is -2.27. The second-order valence-electron chi connectivity index (χ2n) is 5.65. The Bertz CT molecular complexity index is 798. The molecule has 1 N–H and O–H groups in total. The molecule has 0 heterocycles. The number of nitrogens with zero attached hydrogens (tertiary/aromatic N) is 1. The maximum absolute atomic E-state index is 13.0. The summed E-state index contributed by atoms with van der Waals surface area (Å²) in [5.74, 6) is -0.343. The summed E-state index contributed by atoms with van der Waals surface area (Å²) in [6.07, 6.45) is 0. The Morgan fingerprint density at radius 3 is 2.65 bits per heavy atom. The Hall–Kier alpha value is -2.41. The predicted octanol–water partition coefficient (Wildman–Crippen LogP) is 3.97. The van der Waals surface area contributed by atoms with E-state index in [9.17, 15) is 14.0 Å². The topological polar surface area (TPSA) is 58.6 Å². The molecule has 138 valence electrons. The molecule has 0 aromatic heterocycles. The van der Waals surface area contributed by atoms with Gasteiger partial charge in [-0.05, 0) is 58.7 Å². The third-order valence-electron chi connectivity index (χ3n) is 3.66. The van der Waals surface area contributed by atoms with E-state index in [0.29, 0.717) is 29.0 Å². The summed E-state index contributed by atoms with van der Waals surface area (Å²) in [4.78, 5) is 25.3. The highest BCUT2D eigenvalue weighted by Crippen LogP contribution is 2.25. The molecule has 0 aliphatic rings. The molecule has 0 atom stereocenters. The highest BCUT2D eigenvalue weighted by Gasteiger charge is 2.10. The van der Waals surface area contributed by atoms with Crippen molar-refractivity contribution in [1.82, 2.24) is 4.90 Å². The summed E-state index contributed by atoms with van der Waals surface area (Å²) in [5.41, 5.74) is 1.54. The molecular weight excluding hydrogens is 403 g/mol. The number of amides is 2. The van der Waals surface area contributed by atoms with Crippen LogP contribution in [0.4, 0.5) is 10.1 Å². The number of carbonyl (C=O) groups is 2. The van der Waals surface area contributed by atoms with Crippen LogP contribution in [0.2, 0.25) is 0 Å². The highest BCUT2D eigenvalue weighted by atomic mass is 79.9. The van der Waals surface area contributed by atoms with Crippen molar-refractivity contribution in [2.75, 3.05) is 18.5 Å². The first kappa shape index (κ1) is 19.9. The van der Waals surface area contributed by atoms with Gasteiger partial charge in [0.1, 0.15) is 11.6 Å². The summed E-state index contributed by atoms with van der Waals surface area (Å²) < 4.78 is 18.9. The van der Waals surface area contributed by atoms with Gasteiger partial charge < -0.3 is 15.0 Å². The lowest BCUT2D eigenvalue weighted by atomic mass is 10.2. The van der Waals surface area contributed by atoms with Crippen LogP contribution in [-0.4, -0.2) is 29.9 Å². The van der Waals surface area contributed by atoms with Crippen molar-refractivity contribution in [1.29, 1.82) is 0 Å². The van der Waals surface area contributed by atoms with Gasteiger partial charge in [-0.1, -0.05) is 12.1 Å². The van der Waals surface area contributed by atoms with Crippen molar-refractivity contribution in [3.8, 4) is 5.75 Å². The number of halogens is 2. The quantitative estimate of drug-likeness (QED) is 0.733. The van der Waals surface area contributed by atoms with Crippen molar-refractivity contribution in [2.45, 2.75) is 20.4 Å². The smallest absolute Gasteiger partial charge is 0.262 e. The number of benzene rings is 2. The van der Waals surface area contributed by atoms with E-state index in [1.54, 1.807) is 11.0 Å². The van der Waals surface area contributed by atoms with Gasteiger partial charge in [-0.15, -0.1) is 0 Å². The van der Waals surface area contributed by atoms with Crippen molar-refractivity contribution in [3.63, 3.8) is 0 Å². The standard InChI is InChI=1S/C19H20BrFN2O3/c1-3-23(13(2)24)11-14-5-4-6-16(9-14)22-19(25)12-26-18-8-7-15(21)10-17(18)20/h4-10H,3,11-12H2,1-2H3,(H,22,25). The SMILES string of the molecule is CCN(Cc1cccc(NC(=O)COc2ccc(F)cc2Br)c1)C(C)=O. The minimum atomic E-state index is -0.392.